The molecule has 1 amide bonds. The van der Waals surface area contributed by atoms with Gasteiger partial charge in [0.25, 0.3) is 0 Å². The third-order valence-corrected chi connectivity index (χ3v) is 2.79. The van der Waals surface area contributed by atoms with Gasteiger partial charge in [0.2, 0.25) is 5.91 Å². The molecular formula is C15H14N2O2. The molecule has 4 nitrogen and oxygen atoms in total. The quantitative estimate of drug-likeness (QED) is 0.648. The van der Waals surface area contributed by atoms with Crippen molar-refractivity contribution in [3.05, 3.63) is 64.7 Å². The summed E-state index contributed by atoms with van der Waals surface area (Å²) in [5.41, 5.74) is 13.8. The highest BCUT2D eigenvalue weighted by Crippen LogP contribution is 2.16. The number of aryl methyl sites for hydroxylation is 1. The average Bonchev–Trinajstić information content (AvgIpc) is 2.37. The van der Waals surface area contributed by atoms with Gasteiger partial charge >= 0.3 is 0 Å². The van der Waals surface area contributed by atoms with Crippen LogP contribution in [-0.4, -0.2) is 11.7 Å². The van der Waals surface area contributed by atoms with E-state index in [2.05, 4.69) is 0 Å². The summed E-state index contributed by atoms with van der Waals surface area (Å²) in [6, 6.07) is 11.5. The van der Waals surface area contributed by atoms with Crippen molar-refractivity contribution in [3.8, 4) is 0 Å². The number of rotatable bonds is 3. The summed E-state index contributed by atoms with van der Waals surface area (Å²) in [6.45, 7) is 1.88. The lowest BCUT2D eigenvalue weighted by molar-refractivity contribution is 0.0997. The second-order valence-electron chi connectivity index (χ2n) is 4.40. The highest BCUT2D eigenvalue weighted by Gasteiger charge is 2.10. The maximum absolute atomic E-state index is 12.3. The number of ketones is 1. The first-order valence-electron chi connectivity index (χ1n) is 5.79. The Kier molecular flexibility index (Phi) is 3.33. The van der Waals surface area contributed by atoms with Crippen molar-refractivity contribution in [3.63, 3.8) is 0 Å². The molecule has 4 heteroatoms. The van der Waals surface area contributed by atoms with Crippen LogP contribution >= 0.6 is 0 Å². The third-order valence-electron chi connectivity index (χ3n) is 2.79. The standard InChI is InChI=1S/C15H14N2O2/c1-9-6-12(8-13(16)7-9)14(18)10-2-4-11(5-3-10)15(17)19/h2-8H,16H2,1H3,(H2,17,19). The summed E-state index contributed by atoms with van der Waals surface area (Å²) in [4.78, 5) is 23.2. The Morgan fingerprint density at radius 3 is 2.00 bits per heavy atom. The first-order valence-corrected chi connectivity index (χ1v) is 5.79. The van der Waals surface area contributed by atoms with Crippen LogP contribution in [-0.2, 0) is 0 Å². The number of carbonyl (C=O) groups excluding carboxylic acids is 2. The van der Waals surface area contributed by atoms with Crippen molar-refractivity contribution in [1.29, 1.82) is 0 Å². The van der Waals surface area contributed by atoms with Gasteiger partial charge in [-0.1, -0.05) is 12.1 Å². The number of carbonyl (C=O) groups is 2. The summed E-state index contributed by atoms with van der Waals surface area (Å²) in [5.74, 6) is -0.648. The topological polar surface area (TPSA) is 86.2 Å². The zero-order valence-electron chi connectivity index (χ0n) is 10.5. The van der Waals surface area contributed by atoms with Crippen LogP contribution < -0.4 is 11.5 Å². The zero-order chi connectivity index (χ0) is 14.0. The largest absolute Gasteiger partial charge is 0.399 e. The maximum atomic E-state index is 12.3. The summed E-state index contributed by atoms with van der Waals surface area (Å²) in [5, 5.41) is 0. The molecule has 0 aliphatic heterocycles. The molecule has 19 heavy (non-hydrogen) atoms. The summed E-state index contributed by atoms with van der Waals surface area (Å²) in [7, 11) is 0. The van der Waals surface area contributed by atoms with E-state index < -0.39 is 5.91 Å². The van der Waals surface area contributed by atoms with E-state index >= 15 is 0 Å². The SMILES string of the molecule is Cc1cc(N)cc(C(=O)c2ccc(C(N)=O)cc2)c1. The van der Waals surface area contributed by atoms with Gasteiger partial charge in [-0.05, 0) is 42.8 Å². The van der Waals surface area contributed by atoms with E-state index in [1.165, 1.54) is 12.1 Å². The number of nitrogens with two attached hydrogens (primary N) is 2. The van der Waals surface area contributed by atoms with Gasteiger partial charge in [-0.25, -0.2) is 0 Å². The Morgan fingerprint density at radius 2 is 1.47 bits per heavy atom. The number of hydrogen-bond acceptors (Lipinski definition) is 3. The molecule has 0 atom stereocenters. The minimum atomic E-state index is -0.515. The molecule has 0 unspecified atom stereocenters. The number of hydrogen-bond donors (Lipinski definition) is 2. The Morgan fingerprint density at radius 1 is 0.895 bits per heavy atom. The summed E-state index contributed by atoms with van der Waals surface area (Å²) < 4.78 is 0. The molecule has 0 aliphatic carbocycles. The number of primary amides is 1. The molecule has 0 saturated carbocycles. The van der Waals surface area contributed by atoms with Crippen LogP contribution in [0.15, 0.2) is 42.5 Å². The van der Waals surface area contributed by atoms with Crippen molar-refractivity contribution in [2.45, 2.75) is 6.92 Å². The normalized spacial score (nSPS) is 10.2. The van der Waals surface area contributed by atoms with E-state index in [4.69, 9.17) is 11.5 Å². The summed E-state index contributed by atoms with van der Waals surface area (Å²) in [6.07, 6.45) is 0. The van der Waals surface area contributed by atoms with Crippen LogP contribution in [0, 0.1) is 6.92 Å². The predicted octanol–water partition coefficient (Wildman–Crippen LogP) is 1.91. The molecule has 2 rings (SSSR count). The molecule has 0 saturated heterocycles. The molecule has 0 spiro atoms. The Bertz CT molecular complexity index is 625. The molecule has 2 aromatic rings. The van der Waals surface area contributed by atoms with Crippen molar-refractivity contribution >= 4 is 17.4 Å². The molecule has 4 N–H and O–H groups in total. The molecular weight excluding hydrogens is 240 g/mol. The van der Waals surface area contributed by atoms with Crippen LogP contribution in [0.1, 0.15) is 31.8 Å². The molecule has 0 aromatic heterocycles. The lowest BCUT2D eigenvalue weighted by atomic mass is 10.00. The maximum Gasteiger partial charge on any atom is 0.248 e. The fourth-order valence-corrected chi connectivity index (χ4v) is 1.90. The van der Waals surface area contributed by atoms with E-state index in [1.54, 1.807) is 30.3 Å². The highest BCUT2D eigenvalue weighted by atomic mass is 16.1. The van der Waals surface area contributed by atoms with Crippen molar-refractivity contribution < 1.29 is 9.59 Å². The van der Waals surface area contributed by atoms with Crippen LogP contribution in [0.2, 0.25) is 0 Å². The van der Waals surface area contributed by atoms with Gasteiger partial charge in [-0.15, -0.1) is 0 Å². The minimum Gasteiger partial charge on any atom is -0.399 e. The van der Waals surface area contributed by atoms with Gasteiger partial charge in [0.1, 0.15) is 0 Å². The number of amides is 1. The van der Waals surface area contributed by atoms with Crippen LogP contribution in [0.4, 0.5) is 5.69 Å². The second kappa shape index (κ2) is 4.94. The third kappa shape index (κ3) is 2.80. The smallest absolute Gasteiger partial charge is 0.248 e. The number of anilines is 1. The molecule has 2 aromatic carbocycles. The van der Waals surface area contributed by atoms with E-state index in [-0.39, 0.29) is 5.78 Å². The molecule has 96 valence electrons. The van der Waals surface area contributed by atoms with Crippen LogP contribution in [0.25, 0.3) is 0 Å². The number of benzene rings is 2. The molecule has 0 bridgehead atoms. The van der Waals surface area contributed by atoms with Gasteiger partial charge in [0.15, 0.2) is 5.78 Å². The first-order chi connectivity index (χ1) is 8.97. The lowest BCUT2D eigenvalue weighted by Crippen LogP contribution is -2.11. The van der Waals surface area contributed by atoms with Gasteiger partial charge in [-0.2, -0.15) is 0 Å². The van der Waals surface area contributed by atoms with E-state index in [1.807, 2.05) is 6.92 Å². The average molecular weight is 254 g/mol. The van der Waals surface area contributed by atoms with E-state index in [0.717, 1.165) is 5.56 Å². The Balaban J connectivity index is 2.35. The summed E-state index contributed by atoms with van der Waals surface area (Å²) >= 11 is 0. The zero-order valence-corrected chi connectivity index (χ0v) is 10.5. The fourth-order valence-electron chi connectivity index (χ4n) is 1.90. The van der Waals surface area contributed by atoms with Gasteiger partial charge in [0.05, 0.1) is 0 Å². The highest BCUT2D eigenvalue weighted by molar-refractivity contribution is 6.10. The van der Waals surface area contributed by atoms with Crippen LogP contribution in [0.5, 0.6) is 0 Å². The monoisotopic (exact) mass is 254 g/mol. The van der Waals surface area contributed by atoms with Crippen LogP contribution in [0.3, 0.4) is 0 Å². The van der Waals surface area contributed by atoms with E-state index in [0.29, 0.717) is 22.4 Å². The predicted molar refractivity (Wildman–Crippen MR) is 74.0 cm³/mol. The van der Waals surface area contributed by atoms with Crippen molar-refractivity contribution in [1.82, 2.24) is 0 Å². The molecule has 0 heterocycles. The van der Waals surface area contributed by atoms with Gasteiger partial charge in [0, 0.05) is 22.4 Å². The molecule has 0 radical (unpaired) electrons. The van der Waals surface area contributed by atoms with E-state index in [9.17, 15) is 9.59 Å². The lowest BCUT2D eigenvalue weighted by Gasteiger charge is -2.05. The van der Waals surface area contributed by atoms with Gasteiger partial charge in [-0.3, -0.25) is 9.59 Å². The minimum absolute atomic E-state index is 0.133. The Hall–Kier alpha value is -2.62. The van der Waals surface area contributed by atoms with Gasteiger partial charge < -0.3 is 11.5 Å². The fraction of sp³-hybridized carbons (Fsp3) is 0.0667. The number of nitrogen functional groups attached to an aromatic ring is 1. The first kappa shape index (κ1) is 12.8. The molecule has 0 aliphatic rings. The Labute approximate surface area is 111 Å². The molecule has 0 fully saturated rings. The second-order valence-corrected chi connectivity index (χ2v) is 4.40. The van der Waals surface area contributed by atoms with Crippen molar-refractivity contribution in [2.75, 3.05) is 5.73 Å². The van der Waals surface area contributed by atoms with Crippen molar-refractivity contribution in [2.24, 2.45) is 5.73 Å².